The van der Waals surface area contributed by atoms with E-state index in [1.54, 1.807) is 32.3 Å². The Labute approximate surface area is 407 Å². The highest BCUT2D eigenvalue weighted by atomic mass is 35.5. The first-order valence-corrected chi connectivity index (χ1v) is 24.3. The van der Waals surface area contributed by atoms with Gasteiger partial charge in [0.15, 0.2) is 5.52 Å². The van der Waals surface area contributed by atoms with E-state index >= 15 is 0 Å². The van der Waals surface area contributed by atoms with Crippen LogP contribution in [0.25, 0.3) is 27.5 Å². The van der Waals surface area contributed by atoms with Gasteiger partial charge in [0.2, 0.25) is 11.8 Å². The van der Waals surface area contributed by atoms with Crippen LogP contribution in [0.3, 0.4) is 0 Å². The highest BCUT2D eigenvalue weighted by Crippen LogP contribution is 2.31. The molecule has 0 unspecified atom stereocenters. The zero-order valence-corrected chi connectivity index (χ0v) is 41.2. The van der Waals surface area contributed by atoms with E-state index in [1.165, 1.54) is 4.68 Å². The number of aryl methyl sites for hydroxylation is 5. The van der Waals surface area contributed by atoms with Crippen molar-refractivity contribution < 1.29 is 14.4 Å². The lowest BCUT2D eigenvalue weighted by atomic mass is 9.98. The fraction of sp³-hybridized carbons (Fsp3) is 0.370. The van der Waals surface area contributed by atoms with Crippen molar-refractivity contribution in [1.82, 2.24) is 44.6 Å². The molecule has 0 saturated heterocycles. The summed E-state index contributed by atoms with van der Waals surface area (Å²) in [6.07, 6.45) is 3.62. The van der Waals surface area contributed by atoms with Crippen molar-refractivity contribution >= 4 is 51.1 Å². The molecular weight excluding hydrogens is 890 g/mol. The molecule has 0 saturated carbocycles. The van der Waals surface area contributed by atoms with Gasteiger partial charge in [-0.3, -0.25) is 28.5 Å². The van der Waals surface area contributed by atoms with E-state index in [9.17, 15) is 24.0 Å². The summed E-state index contributed by atoms with van der Waals surface area (Å²) in [5.41, 5.74) is 6.35. The van der Waals surface area contributed by atoms with Gasteiger partial charge in [0, 0.05) is 49.6 Å². The maximum absolute atomic E-state index is 14.5. The Morgan fingerprint density at radius 1 is 0.725 bits per heavy atom. The third-order valence-electron chi connectivity index (χ3n) is 12.5. The highest BCUT2D eigenvalue weighted by molar-refractivity contribution is 6.31. The minimum absolute atomic E-state index is 0.0880. The molecule has 3 amide bonds. The molecule has 69 heavy (non-hydrogen) atoms. The number of nitrogens with one attached hydrogen (secondary N) is 2. The van der Waals surface area contributed by atoms with Crippen molar-refractivity contribution in [1.29, 1.82) is 0 Å². The van der Waals surface area contributed by atoms with E-state index in [1.807, 2.05) is 120 Å². The summed E-state index contributed by atoms with van der Waals surface area (Å²) in [7, 11) is 0. The summed E-state index contributed by atoms with van der Waals surface area (Å²) in [6.45, 7) is 13.5. The van der Waals surface area contributed by atoms with Gasteiger partial charge in [-0.15, -0.1) is 0 Å². The number of hydrogen-bond acceptors (Lipinski definition) is 8. The summed E-state index contributed by atoms with van der Waals surface area (Å²) in [6, 6.07) is 29.6. The predicted octanol–water partition coefficient (Wildman–Crippen LogP) is 8.73. The van der Waals surface area contributed by atoms with Crippen LogP contribution >= 0.6 is 11.6 Å². The van der Waals surface area contributed by atoms with Gasteiger partial charge in [-0.25, -0.2) is 14.3 Å². The van der Waals surface area contributed by atoms with Crippen molar-refractivity contribution in [3.8, 4) is 5.69 Å². The molecule has 2 N–H and O–H groups in total. The van der Waals surface area contributed by atoms with E-state index < -0.39 is 6.04 Å². The molecule has 7 aromatic rings. The van der Waals surface area contributed by atoms with E-state index in [-0.39, 0.29) is 47.7 Å². The molecule has 3 aromatic heterocycles. The van der Waals surface area contributed by atoms with Crippen LogP contribution in [0.2, 0.25) is 5.02 Å². The SMILES string of the molecule is Cc1ccc(C(=O)N(CCCNC(=O)CCCCCNC(=O)CCCn2nc(C)c3c(C)n(-c4ccc(C)cc4)nc3c2=O)[C@@H](c2nc3cc(Cl)ccc3c(=O)n2Cc2ccccc2)C(C)C)cc1. The smallest absolute Gasteiger partial charge is 0.295 e. The standard InChI is InChI=1S/C54H62ClN9O5/c1-35(2)50(51-58-45-33-42(55)25-28-44(45)53(68)62(51)34-40-15-9-7-10-16-40)61(52(67)41-23-19-36(3)20-24-41)31-14-30-57-46(65)17-11-8-12-29-56-47(66)18-13-32-63-54(69)49-48(38(5)59-63)39(6)64(60-49)43-26-21-37(4)22-27-43/h7,9-10,15-16,19-28,33,35,50H,8,11-14,17-18,29-32,34H2,1-6H3,(H,56,66)(H,57,65)/t50-/m1/s1. The molecule has 1 atom stereocenters. The number of carbonyl (C=O) groups is 3. The number of halogens is 1. The molecule has 0 spiro atoms. The van der Waals surface area contributed by atoms with Crippen molar-refractivity contribution in [2.75, 3.05) is 19.6 Å². The first-order valence-electron chi connectivity index (χ1n) is 23.9. The first kappa shape index (κ1) is 50.0. The zero-order valence-electron chi connectivity index (χ0n) is 40.4. The summed E-state index contributed by atoms with van der Waals surface area (Å²) in [5.74, 6) is -0.0747. The Morgan fingerprint density at radius 3 is 2.06 bits per heavy atom. The molecule has 0 fully saturated rings. The molecule has 0 aliphatic carbocycles. The Kier molecular flexibility index (Phi) is 16.6. The van der Waals surface area contributed by atoms with Crippen molar-refractivity contribution in [3.05, 3.63) is 162 Å². The predicted molar refractivity (Wildman–Crippen MR) is 272 cm³/mol. The molecule has 360 valence electrons. The zero-order chi connectivity index (χ0) is 49.2. The van der Waals surface area contributed by atoms with E-state index in [0.29, 0.717) is 90.4 Å². The highest BCUT2D eigenvalue weighted by Gasteiger charge is 2.33. The summed E-state index contributed by atoms with van der Waals surface area (Å²) in [4.78, 5) is 74.7. The second kappa shape index (κ2) is 22.9. The number of aromatic nitrogens is 6. The van der Waals surface area contributed by atoms with Crippen molar-refractivity contribution in [2.24, 2.45) is 5.92 Å². The maximum atomic E-state index is 14.5. The lowest BCUT2D eigenvalue weighted by Crippen LogP contribution is -2.42. The number of nitrogens with zero attached hydrogens (tertiary/aromatic N) is 7. The molecule has 3 heterocycles. The molecule has 0 aliphatic rings. The van der Waals surface area contributed by atoms with Crippen LogP contribution in [0.15, 0.2) is 107 Å². The number of fused-ring (bicyclic) bond motifs is 2. The van der Waals surface area contributed by atoms with Crippen LogP contribution in [-0.4, -0.2) is 71.4 Å². The largest absolute Gasteiger partial charge is 0.356 e. The Balaban J connectivity index is 0.899. The second-order valence-corrected chi connectivity index (χ2v) is 18.6. The number of amides is 3. The van der Waals surface area contributed by atoms with Crippen LogP contribution in [-0.2, 0) is 22.7 Å². The molecule has 0 radical (unpaired) electrons. The number of hydrogen-bond donors (Lipinski definition) is 2. The fourth-order valence-corrected chi connectivity index (χ4v) is 8.98. The van der Waals surface area contributed by atoms with E-state index in [0.717, 1.165) is 46.3 Å². The van der Waals surface area contributed by atoms with Gasteiger partial charge in [0.1, 0.15) is 5.82 Å². The van der Waals surface area contributed by atoms with E-state index in [4.69, 9.17) is 16.6 Å². The van der Waals surface area contributed by atoms with E-state index in [2.05, 4.69) is 20.8 Å². The average Bonchev–Trinajstić information content (AvgIpc) is 3.68. The van der Waals surface area contributed by atoms with Crippen LogP contribution < -0.4 is 21.8 Å². The number of carbonyl (C=O) groups excluding carboxylic acids is 3. The summed E-state index contributed by atoms with van der Waals surface area (Å²) >= 11 is 6.41. The molecule has 0 aliphatic heterocycles. The summed E-state index contributed by atoms with van der Waals surface area (Å²) < 4.78 is 4.85. The summed E-state index contributed by atoms with van der Waals surface area (Å²) in [5, 5.41) is 16.8. The third-order valence-corrected chi connectivity index (χ3v) is 12.7. The van der Waals surface area contributed by atoms with Gasteiger partial charge in [-0.05, 0) is 107 Å². The van der Waals surface area contributed by atoms with Gasteiger partial charge in [-0.1, -0.05) is 97.6 Å². The molecule has 14 nitrogen and oxygen atoms in total. The number of rotatable bonds is 21. The lowest BCUT2D eigenvalue weighted by molar-refractivity contribution is -0.122. The van der Waals surface area contributed by atoms with Gasteiger partial charge >= 0.3 is 0 Å². The normalized spacial score (nSPS) is 11.9. The lowest BCUT2D eigenvalue weighted by Gasteiger charge is -2.35. The van der Waals surface area contributed by atoms with Crippen LogP contribution in [0.5, 0.6) is 0 Å². The molecule has 15 heteroatoms. The number of benzene rings is 4. The Bertz CT molecular complexity index is 3050. The van der Waals surface area contributed by atoms with Crippen LogP contribution in [0.4, 0.5) is 0 Å². The Hall–Kier alpha value is -6.93. The molecular formula is C54H62ClN9O5. The second-order valence-electron chi connectivity index (χ2n) is 18.2. The first-order chi connectivity index (χ1) is 33.2. The van der Waals surface area contributed by atoms with Gasteiger partial charge in [0.25, 0.3) is 17.0 Å². The molecule has 0 bridgehead atoms. The fourth-order valence-electron chi connectivity index (χ4n) is 8.81. The van der Waals surface area contributed by atoms with Crippen molar-refractivity contribution in [3.63, 3.8) is 0 Å². The Morgan fingerprint density at radius 2 is 1.38 bits per heavy atom. The minimum atomic E-state index is -0.596. The van der Waals surface area contributed by atoms with Crippen LogP contribution in [0, 0.1) is 33.6 Å². The quantitative estimate of drug-likeness (QED) is 0.0675. The maximum Gasteiger partial charge on any atom is 0.295 e. The monoisotopic (exact) mass is 951 g/mol. The number of unbranched alkanes of at least 4 members (excludes halogenated alkanes) is 2. The topological polar surface area (TPSA) is 166 Å². The third kappa shape index (κ3) is 12.2. The van der Waals surface area contributed by atoms with Crippen molar-refractivity contribution in [2.45, 2.75) is 106 Å². The molecule has 7 rings (SSSR count). The minimum Gasteiger partial charge on any atom is -0.356 e. The van der Waals surface area contributed by atoms with Gasteiger partial charge in [-0.2, -0.15) is 10.2 Å². The van der Waals surface area contributed by atoms with Gasteiger partial charge in [0.05, 0.1) is 46.0 Å². The average molecular weight is 953 g/mol. The van der Waals surface area contributed by atoms with Gasteiger partial charge < -0.3 is 15.5 Å². The van der Waals surface area contributed by atoms with Crippen LogP contribution in [0.1, 0.15) is 109 Å². The molecule has 4 aromatic carbocycles.